The molecule has 1 aromatic rings. The normalized spacial score (nSPS) is 25.2. The highest BCUT2D eigenvalue weighted by atomic mass is 35.5. The Morgan fingerprint density at radius 2 is 2.05 bits per heavy atom. The van der Waals surface area contributed by atoms with Crippen molar-refractivity contribution < 1.29 is 0 Å². The van der Waals surface area contributed by atoms with Gasteiger partial charge in [0.2, 0.25) is 0 Å². The van der Waals surface area contributed by atoms with Gasteiger partial charge in [-0.1, -0.05) is 30.5 Å². The molecule has 0 radical (unpaired) electrons. The van der Waals surface area contributed by atoms with Crippen LogP contribution in [0.2, 0.25) is 5.15 Å². The first-order chi connectivity index (χ1) is 10.8. The molecule has 2 aliphatic rings. The van der Waals surface area contributed by atoms with Crippen LogP contribution < -0.4 is 5.32 Å². The molecule has 1 saturated carbocycles. The lowest BCUT2D eigenvalue weighted by atomic mass is 9.82. The van der Waals surface area contributed by atoms with Crippen molar-refractivity contribution in [1.82, 2.24) is 15.2 Å². The van der Waals surface area contributed by atoms with E-state index in [0.717, 1.165) is 43.0 Å². The molecular weight excluding hydrogens is 296 g/mol. The fourth-order valence-electron chi connectivity index (χ4n) is 3.67. The van der Waals surface area contributed by atoms with Crippen LogP contribution in [0.4, 0.5) is 0 Å². The standard InChI is InChI=1S/C17H25ClN4/c1-2-19-17(21-10-13-7-8-16(18)20-9-13)22-11-14-5-3-4-6-15(14)12-22/h7-9,14-15H,2-6,10-12H2,1H3,(H,19,21). The number of aliphatic imine (C=N–C) groups is 1. The lowest BCUT2D eigenvalue weighted by molar-refractivity contribution is 0.299. The van der Waals surface area contributed by atoms with Gasteiger partial charge in [0, 0.05) is 25.8 Å². The number of halogens is 1. The van der Waals surface area contributed by atoms with Crippen LogP contribution in [0.25, 0.3) is 0 Å². The van der Waals surface area contributed by atoms with Gasteiger partial charge in [-0.3, -0.25) is 0 Å². The SMILES string of the molecule is CCNC(=NCc1ccc(Cl)nc1)N1CC2CCCCC2C1. The Bertz CT molecular complexity index is 500. The minimum Gasteiger partial charge on any atom is -0.357 e. The predicted molar refractivity (Wildman–Crippen MR) is 91.1 cm³/mol. The van der Waals surface area contributed by atoms with Crippen LogP contribution in [-0.2, 0) is 6.54 Å². The Morgan fingerprint density at radius 3 is 2.64 bits per heavy atom. The first-order valence-corrected chi connectivity index (χ1v) is 8.77. The molecule has 0 aromatic carbocycles. The number of guanidine groups is 1. The Balaban J connectivity index is 1.66. The largest absolute Gasteiger partial charge is 0.357 e. The van der Waals surface area contributed by atoms with Gasteiger partial charge in [-0.2, -0.15) is 0 Å². The molecule has 2 heterocycles. The van der Waals surface area contributed by atoms with Gasteiger partial charge in [-0.05, 0) is 43.2 Å². The average Bonchev–Trinajstić information content (AvgIpc) is 2.97. The van der Waals surface area contributed by atoms with Crippen molar-refractivity contribution in [2.24, 2.45) is 16.8 Å². The molecule has 1 N–H and O–H groups in total. The maximum Gasteiger partial charge on any atom is 0.194 e. The molecule has 0 bridgehead atoms. The highest BCUT2D eigenvalue weighted by Crippen LogP contribution is 2.35. The van der Waals surface area contributed by atoms with Gasteiger partial charge < -0.3 is 10.2 Å². The van der Waals surface area contributed by atoms with E-state index in [4.69, 9.17) is 16.6 Å². The second kappa shape index (κ2) is 7.32. The number of rotatable bonds is 3. The first kappa shape index (κ1) is 15.6. The minimum atomic E-state index is 0.531. The molecule has 22 heavy (non-hydrogen) atoms. The number of nitrogens with one attached hydrogen (secondary N) is 1. The summed E-state index contributed by atoms with van der Waals surface area (Å²) in [4.78, 5) is 11.4. The number of likely N-dealkylation sites (tertiary alicyclic amines) is 1. The van der Waals surface area contributed by atoms with Crippen molar-refractivity contribution in [3.8, 4) is 0 Å². The van der Waals surface area contributed by atoms with Gasteiger partial charge in [0.15, 0.2) is 5.96 Å². The van der Waals surface area contributed by atoms with Gasteiger partial charge in [-0.15, -0.1) is 0 Å². The lowest BCUT2D eigenvalue weighted by Crippen LogP contribution is -2.40. The summed E-state index contributed by atoms with van der Waals surface area (Å²) < 4.78 is 0. The van der Waals surface area contributed by atoms with Crippen molar-refractivity contribution >= 4 is 17.6 Å². The molecule has 1 aliphatic heterocycles. The summed E-state index contributed by atoms with van der Waals surface area (Å²) in [6, 6.07) is 3.82. The van der Waals surface area contributed by atoms with Crippen LogP contribution in [0, 0.1) is 11.8 Å². The Morgan fingerprint density at radius 1 is 1.32 bits per heavy atom. The van der Waals surface area contributed by atoms with Crippen molar-refractivity contribution in [2.75, 3.05) is 19.6 Å². The topological polar surface area (TPSA) is 40.5 Å². The molecule has 0 spiro atoms. The van der Waals surface area contributed by atoms with Gasteiger partial charge >= 0.3 is 0 Å². The third-order valence-electron chi connectivity index (χ3n) is 4.81. The summed E-state index contributed by atoms with van der Waals surface area (Å²) in [7, 11) is 0. The monoisotopic (exact) mass is 320 g/mol. The lowest BCUT2D eigenvalue weighted by Gasteiger charge is -2.22. The second-order valence-corrected chi connectivity index (χ2v) is 6.76. The Kier molecular flexibility index (Phi) is 5.19. The van der Waals surface area contributed by atoms with E-state index in [0.29, 0.717) is 11.7 Å². The van der Waals surface area contributed by atoms with Crippen molar-refractivity contribution in [3.63, 3.8) is 0 Å². The zero-order valence-electron chi connectivity index (χ0n) is 13.3. The highest BCUT2D eigenvalue weighted by molar-refractivity contribution is 6.29. The molecule has 120 valence electrons. The number of pyridine rings is 1. The molecule has 1 aromatic heterocycles. The van der Waals surface area contributed by atoms with Crippen LogP contribution in [-0.4, -0.2) is 35.5 Å². The van der Waals surface area contributed by atoms with Gasteiger partial charge in [-0.25, -0.2) is 9.98 Å². The molecule has 2 unspecified atom stereocenters. The van der Waals surface area contributed by atoms with Crippen molar-refractivity contribution in [2.45, 2.75) is 39.2 Å². The summed E-state index contributed by atoms with van der Waals surface area (Å²) in [5, 5.41) is 3.98. The second-order valence-electron chi connectivity index (χ2n) is 6.37. The molecular formula is C17H25ClN4. The van der Waals surface area contributed by atoms with Gasteiger partial charge in [0.1, 0.15) is 5.15 Å². The van der Waals surface area contributed by atoms with E-state index in [1.54, 1.807) is 6.20 Å². The van der Waals surface area contributed by atoms with Gasteiger partial charge in [0.05, 0.1) is 6.54 Å². The van der Waals surface area contributed by atoms with Gasteiger partial charge in [0.25, 0.3) is 0 Å². The Labute approximate surface area is 138 Å². The molecule has 2 atom stereocenters. The third-order valence-corrected chi connectivity index (χ3v) is 5.03. The zero-order chi connectivity index (χ0) is 15.4. The number of fused-ring (bicyclic) bond motifs is 1. The molecule has 0 amide bonds. The number of nitrogens with zero attached hydrogens (tertiary/aromatic N) is 3. The van der Waals surface area contributed by atoms with Crippen molar-refractivity contribution in [3.05, 3.63) is 29.0 Å². The first-order valence-electron chi connectivity index (χ1n) is 8.40. The molecule has 1 aliphatic carbocycles. The smallest absolute Gasteiger partial charge is 0.194 e. The van der Waals surface area contributed by atoms with E-state index in [-0.39, 0.29) is 0 Å². The maximum atomic E-state index is 5.83. The summed E-state index contributed by atoms with van der Waals surface area (Å²) in [5.74, 6) is 2.79. The number of hydrogen-bond acceptors (Lipinski definition) is 2. The van der Waals surface area contributed by atoms with Crippen molar-refractivity contribution in [1.29, 1.82) is 0 Å². The fourth-order valence-corrected chi connectivity index (χ4v) is 3.78. The fraction of sp³-hybridized carbons (Fsp3) is 0.647. The molecule has 3 rings (SSSR count). The quantitative estimate of drug-likeness (QED) is 0.527. The average molecular weight is 321 g/mol. The molecule has 4 nitrogen and oxygen atoms in total. The van der Waals surface area contributed by atoms with Crippen LogP contribution in [0.5, 0.6) is 0 Å². The van der Waals surface area contributed by atoms with E-state index < -0.39 is 0 Å². The van der Waals surface area contributed by atoms with Crippen LogP contribution >= 0.6 is 11.6 Å². The van der Waals surface area contributed by atoms with E-state index in [2.05, 4.69) is 22.1 Å². The number of aromatic nitrogens is 1. The summed E-state index contributed by atoms with van der Waals surface area (Å²) in [6.45, 7) is 6.01. The van der Waals surface area contributed by atoms with E-state index in [1.165, 1.54) is 25.7 Å². The van der Waals surface area contributed by atoms with E-state index in [1.807, 2.05) is 12.1 Å². The third kappa shape index (κ3) is 3.72. The summed E-state index contributed by atoms with van der Waals surface area (Å²) >= 11 is 5.83. The maximum absolute atomic E-state index is 5.83. The zero-order valence-corrected chi connectivity index (χ0v) is 14.0. The summed E-state index contributed by atoms with van der Waals surface area (Å²) in [5.41, 5.74) is 1.09. The van der Waals surface area contributed by atoms with Crippen LogP contribution in [0.15, 0.2) is 23.3 Å². The molecule has 2 fully saturated rings. The Hall–Kier alpha value is -1.29. The summed E-state index contributed by atoms with van der Waals surface area (Å²) in [6.07, 6.45) is 7.39. The minimum absolute atomic E-state index is 0.531. The predicted octanol–water partition coefficient (Wildman–Crippen LogP) is 3.32. The molecule has 1 saturated heterocycles. The highest BCUT2D eigenvalue weighted by Gasteiger charge is 2.35. The van der Waals surface area contributed by atoms with E-state index in [9.17, 15) is 0 Å². The van der Waals surface area contributed by atoms with Crippen LogP contribution in [0.1, 0.15) is 38.2 Å². The number of hydrogen-bond donors (Lipinski definition) is 1. The molecule has 5 heteroatoms. The van der Waals surface area contributed by atoms with E-state index >= 15 is 0 Å². The van der Waals surface area contributed by atoms with Crippen LogP contribution in [0.3, 0.4) is 0 Å².